The summed E-state index contributed by atoms with van der Waals surface area (Å²) in [7, 11) is 0. The number of aryl methyl sites for hydroxylation is 1. The molecule has 6 aromatic rings. The molecule has 0 spiro atoms. The Kier molecular flexibility index (Phi) is 5.28. The quantitative estimate of drug-likeness (QED) is 0.247. The lowest BCUT2D eigenvalue weighted by Gasteiger charge is -2.01. The summed E-state index contributed by atoms with van der Waals surface area (Å²) in [5, 5.41) is 1.06. The van der Waals surface area contributed by atoms with Crippen LogP contribution in [0.25, 0.3) is 49.7 Å². The number of rotatable bonds is 5. The van der Waals surface area contributed by atoms with E-state index in [1.54, 1.807) is 11.3 Å². The van der Waals surface area contributed by atoms with Crippen LogP contribution in [0.2, 0.25) is 0 Å². The van der Waals surface area contributed by atoms with Crippen LogP contribution in [0.5, 0.6) is 0 Å². The van der Waals surface area contributed by atoms with Gasteiger partial charge in [-0.3, -0.25) is 0 Å². The largest absolute Gasteiger partial charge is 0.287 e. The maximum Gasteiger partial charge on any atom is 0.287 e. The summed E-state index contributed by atoms with van der Waals surface area (Å²) in [6, 6.07) is 36.1. The number of hydrogen-bond donors (Lipinski definition) is 0. The van der Waals surface area contributed by atoms with Crippen molar-refractivity contribution in [2.75, 3.05) is 0 Å². The molecule has 4 heteroatoms. The molecule has 0 bridgehead atoms. The lowest BCUT2D eigenvalue weighted by molar-refractivity contribution is -0.670. The van der Waals surface area contributed by atoms with Gasteiger partial charge in [-0.2, -0.15) is 4.57 Å². The zero-order valence-electron chi connectivity index (χ0n) is 18.9. The van der Waals surface area contributed by atoms with Crippen molar-refractivity contribution in [1.82, 2.24) is 9.55 Å². The summed E-state index contributed by atoms with van der Waals surface area (Å²) < 4.78 is 5.95. The number of thiazole rings is 1. The zero-order chi connectivity index (χ0) is 22.9. The van der Waals surface area contributed by atoms with E-state index in [9.17, 15) is 0 Å². The van der Waals surface area contributed by atoms with Crippen LogP contribution in [0.15, 0.2) is 103 Å². The predicted molar refractivity (Wildman–Crippen MR) is 143 cm³/mol. The van der Waals surface area contributed by atoms with Crippen molar-refractivity contribution >= 4 is 44.7 Å². The number of nitrogens with zero attached hydrogens (tertiary/aromatic N) is 3. The summed E-state index contributed by atoms with van der Waals surface area (Å²) in [4.78, 5) is 4.90. The molecule has 2 heterocycles. The molecule has 0 saturated heterocycles. The first-order valence-electron chi connectivity index (χ1n) is 11.5. The molecule has 164 valence electrons. The van der Waals surface area contributed by atoms with Crippen molar-refractivity contribution in [3.05, 3.63) is 115 Å². The first kappa shape index (κ1) is 20.6. The van der Waals surface area contributed by atoms with Crippen LogP contribution in [-0.4, -0.2) is 9.55 Å². The van der Waals surface area contributed by atoms with Gasteiger partial charge >= 0.3 is 0 Å². The van der Waals surface area contributed by atoms with Crippen molar-refractivity contribution in [3.8, 4) is 16.3 Å². The Morgan fingerprint density at radius 1 is 0.824 bits per heavy atom. The molecule has 4 aromatic carbocycles. The molecule has 0 atom stereocenters. The summed E-state index contributed by atoms with van der Waals surface area (Å²) in [5.74, 6) is 1.15. The highest BCUT2D eigenvalue weighted by molar-refractivity contribution is 7.21. The minimum atomic E-state index is 0.869. The maximum atomic E-state index is 4.90. The highest BCUT2D eigenvalue weighted by Gasteiger charge is 2.24. The monoisotopic (exact) mass is 458 g/mol. The van der Waals surface area contributed by atoms with Gasteiger partial charge in [-0.05, 0) is 61.0 Å². The molecule has 0 saturated carbocycles. The Morgan fingerprint density at radius 2 is 1.56 bits per heavy atom. The van der Waals surface area contributed by atoms with E-state index in [1.165, 1.54) is 21.3 Å². The third kappa shape index (κ3) is 3.62. The van der Waals surface area contributed by atoms with Crippen molar-refractivity contribution in [2.45, 2.75) is 13.5 Å². The van der Waals surface area contributed by atoms with E-state index in [-0.39, 0.29) is 0 Å². The van der Waals surface area contributed by atoms with Crippen LogP contribution in [-0.2, 0) is 6.54 Å². The van der Waals surface area contributed by atoms with Gasteiger partial charge in [-0.1, -0.05) is 60.7 Å². The Hall–Kier alpha value is -4.02. The lowest BCUT2D eigenvalue weighted by Crippen LogP contribution is -2.35. The van der Waals surface area contributed by atoms with Crippen LogP contribution in [0.1, 0.15) is 18.3 Å². The van der Waals surface area contributed by atoms with Gasteiger partial charge in [0.05, 0.1) is 16.8 Å². The van der Waals surface area contributed by atoms with E-state index in [1.807, 2.05) is 12.1 Å². The van der Waals surface area contributed by atoms with Gasteiger partial charge in [0, 0.05) is 11.6 Å². The Morgan fingerprint density at radius 3 is 2.32 bits per heavy atom. The molecule has 0 aliphatic rings. The highest BCUT2D eigenvalue weighted by Crippen LogP contribution is 2.32. The fourth-order valence-electron chi connectivity index (χ4n) is 4.51. The normalized spacial score (nSPS) is 11.7. The number of benzene rings is 4. The first-order chi connectivity index (χ1) is 16.8. The minimum absolute atomic E-state index is 0.869. The standard InChI is InChI=1S/C30H24N3S/c1-2-32-27-21-23(30-31-25-15-9-10-16-28(25)34-30)18-19-26(27)33(24-13-7-4-8-14-24)29(32)20-17-22-11-5-3-6-12-22/h3-21H,2H2,1H3/q+1/b20-17+. The minimum Gasteiger partial charge on any atom is -0.236 e. The molecule has 0 aliphatic heterocycles. The molecule has 0 fully saturated rings. The Labute approximate surface area is 202 Å². The van der Waals surface area contributed by atoms with Crippen LogP contribution in [0.3, 0.4) is 0 Å². The summed E-state index contributed by atoms with van der Waals surface area (Å²) >= 11 is 1.75. The number of hydrogen-bond acceptors (Lipinski definition) is 2. The van der Waals surface area contributed by atoms with Gasteiger partial charge in [0.25, 0.3) is 5.82 Å². The summed E-state index contributed by atoms with van der Waals surface area (Å²) in [5.41, 5.74) is 6.94. The second-order valence-corrected chi connectivity index (χ2v) is 9.24. The van der Waals surface area contributed by atoms with Crippen LogP contribution in [0.4, 0.5) is 0 Å². The fourth-order valence-corrected chi connectivity index (χ4v) is 5.47. The number of aromatic nitrogens is 3. The van der Waals surface area contributed by atoms with Crippen LogP contribution >= 0.6 is 11.3 Å². The first-order valence-corrected chi connectivity index (χ1v) is 12.4. The van der Waals surface area contributed by atoms with Gasteiger partial charge in [0.2, 0.25) is 0 Å². The van der Waals surface area contributed by atoms with Crippen molar-refractivity contribution in [3.63, 3.8) is 0 Å². The molecule has 34 heavy (non-hydrogen) atoms. The second-order valence-electron chi connectivity index (χ2n) is 8.21. The van der Waals surface area contributed by atoms with Gasteiger partial charge < -0.3 is 0 Å². The van der Waals surface area contributed by atoms with Crippen LogP contribution in [0, 0.1) is 0 Å². The maximum absolute atomic E-state index is 4.90. The smallest absolute Gasteiger partial charge is 0.236 e. The summed E-state index contributed by atoms with van der Waals surface area (Å²) in [6.07, 6.45) is 4.41. The molecule has 6 rings (SSSR count). The Bertz CT molecular complexity index is 1590. The van der Waals surface area contributed by atoms with Crippen LogP contribution < -0.4 is 4.57 Å². The summed E-state index contributed by atoms with van der Waals surface area (Å²) in [6.45, 7) is 3.08. The van der Waals surface area contributed by atoms with Crippen molar-refractivity contribution in [1.29, 1.82) is 0 Å². The van der Waals surface area contributed by atoms with E-state index in [2.05, 4.69) is 119 Å². The van der Waals surface area contributed by atoms with E-state index in [4.69, 9.17) is 4.98 Å². The van der Waals surface area contributed by atoms with E-state index in [0.717, 1.165) is 34.1 Å². The third-order valence-electron chi connectivity index (χ3n) is 6.11. The SMILES string of the molecule is CC[n+]1c(/C=C/c2ccccc2)n(-c2ccccc2)c2ccc(-c3nc4ccccc4s3)cc21. The highest BCUT2D eigenvalue weighted by atomic mass is 32.1. The molecule has 0 radical (unpaired) electrons. The molecule has 0 amide bonds. The van der Waals surface area contributed by atoms with Crippen molar-refractivity contribution < 1.29 is 4.57 Å². The van der Waals surface area contributed by atoms with E-state index < -0.39 is 0 Å². The Balaban J connectivity index is 1.57. The van der Waals surface area contributed by atoms with Gasteiger partial charge in [0.1, 0.15) is 10.7 Å². The third-order valence-corrected chi connectivity index (χ3v) is 7.19. The molecule has 0 aliphatic carbocycles. The topological polar surface area (TPSA) is 21.7 Å². The molecular formula is C30H24N3S+. The number of imidazole rings is 1. The van der Waals surface area contributed by atoms with Gasteiger partial charge in [-0.15, -0.1) is 11.3 Å². The molecule has 3 nitrogen and oxygen atoms in total. The zero-order valence-corrected chi connectivity index (χ0v) is 19.7. The number of para-hydroxylation sites is 2. The predicted octanol–water partition coefficient (Wildman–Crippen LogP) is 7.39. The fraction of sp³-hybridized carbons (Fsp3) is 0.0667. The van der Waals surface area contributed by atoms with Gasteiger partial charge in [-0.25, -0.2) is 9.55 Å². The van der Waals surface area contributed by atoms with E-state index in [0.29, 0.717) is 0 Å². The molecule has 0 unspecified atom stereocenters. The van der Waals surface area contributed by atoms with E-state index >= 15 is 0 Å². The molecule has 2 aromatic heterocycles. The second kappa shape index (κ2) is 8.73. The lowest BCUT2D eigenvalue weighted by atomic mass is 10.2. The molecular weight excluding hydrogens is 434 g/mol. The average molecular weight is 459 g/mol. The number of fused-ring (bicyclic) bond motifs is 2. The van der Waals surface area contributed by atoms with Gasteiger partial charge in [0.15, 0.2) is 11.0 Å². The van der Waals surface area contributed by atoms with Crippen molar-refractivity contribution in [2.24, 2.45) is 0 Å². The average Bonchev–Trinajstić information content (AvgIpc) is 3.47. The molecule has 0 N–H and O–H groups in total.